The van der Waals surface area contributed by atoms with Gasteiger partial charge in [-0.3, -0.25) is 0 Å². The largest absolute Gasteiger partial charge is 0.616 e. The molecule has 1 atom stereocenters. The third kappa shape index (κ3) is 4.48. The Morgan fingerprint density at radius 3 is 3.04 bits per heavy atom. The Morgan fingerprint density at radius 1 is 1.40 bits per heavy atom. The van der Waals surface area contributed by atoms with E-state index in [1.165, 1.54) is 0 Å². The highest BCUT2D eigenvalue weighted by atomic mass is 32.2. The molecule has 1 N–H and O–H groups in total. The van der Waals surface area contributed by atoms with Crippen LogP contribution in [0.15, 0.2) is 24.4 Å². The quantitative estimate of drug-likeness (QED) is 0.575. The van der Waals surface area contributed by atoms with Crippen LogP contribution in [0, 0.1) is 0 Å². The Kier molecular flexibility index (Phi) is 6.23. The molecular formula is C18H25N3O3S. The van der Waals surface area contributed by atoms with E-state index in [1.54, 1.807) is 7.11 Å². The van der Waals surface area contributed by atoms with Crippen LogP contribution in [0.1, 0.15) is 19.2 Å². The number of rotatable bonds is 8. The summed E-state index contributed by atoms with van der Waals surface area (Å²) < 4.78 is 25.0. The van der Waals surface area contributed by atoms with Gasteiger partial charge in [-0.05, 0) is 19.1 Å². The number of methoxy groups -OCH3 is 1. The molecule has 1 aromatic carbocycles. The molecular weight excluding hydrogens is 338 g/mol. The number of imidazole rings is 1. The van der Waals surface area contributed by atoms with E-state index in [-0.39, 0.29) is 0 Å². The molecule has 1 aromatic heterocycles. The number of nitrogens with zero attached hydrogens (tertiary/aromatic N) is 2. The minimum absolute atomic E-state index is 0.529. The van der Waals surface area contributed by atoms with Crippen LogP contribution in [-0.4, -0.2) is 45.9 Å². The molecule has 2 aromatic rings. The lowest BCUT2D eigenvalue weighted by molar-refractivity contribution is 0.316. The molecule has 2 heterocycles. The summed E-state index contributed by atoms with van der Waals surface area (Å²) in [6.45, 7) is 5.14. The molecule has 0 bridgehead atoms. The number of aromatic nitrogens is 2. The zero-order valence-corrected chi connectivity index (χ0v) is 15.6. The molecule has 1 aliphatic heterocycles. The summed E-state index contributed by atoms with van der Waals surface area (Å²) in [7, 11) is 1.64. The second kappa shape index (κ2) is 8.60. The van der Waals surface area contributed by atoms with Crippen LogP contribution in [0.3, 0.4) is 0 Å². The lowest BCUT2D eigenvalue weighted by Gasteiger charge is -2.13. The first-order chi connectivity index (χ1) is 12.2. The van der Waals surface area contributed by atoms with Crippen LogP contribution in [-0.2, 0) is 24.3 Å². The maximum Gasteiger partial charge on any atom is 0.132 e. The molecule has 0 amide bonds. The van der Waals surface area contributed by atoms with Gasteiger partial charge in [0.05, 0.1) is 26.0 Å². The first-order valence-corrected chi connectivity index (χ1v) is 10.1. The summed E-state index contributed by atoms with van der Waals surface area (Å²) in [5, 5.41) is 3.33. The summed E-state index contributed by atoms with van der Waals surface area (Å²) in [5.41, 5.74) is 1.87. The number of nitrogens with one attached hydrogen (secondary N) is 1. The molecule has 25 heavy (non-hydrogen) atoms. The second-order valence-corrected chi connectivity index (χ2v) is 7.77. The van der Waals surface area contributed by atoms with Crippen molar-refractivity contribution in [3.63, 3.8) is 0 Å². The van der Waals surface area contributed by atoms with E-state index in [4.69, 9.17) is 14.5 Å². The lowest BCUT2D eigenvalue weighted by Crippen LogP contribution is -2.27. The number of ether oxygens (including phenoxy) is 2. The van der Waals surface area contributed by atoms with E-state index in [9.17, 15) is 4.55 Å². The highest BCUT2D eigenvalue weighted by Crippen LogP contribution is 2.33. The molecule has 1 unspecified atom stereocenters. The van der Waals surface area contributed by atoms with Gasteiger partial charge in [-0.25, -0.2) is 4.98 Å². The van der Waals surface area contributed by atoms with E-state index in [0.717, 1.165) is 54.6 Å². The van der Waals surface area contributed by atoms with Gasteiger partial charge >= 0.3 is 0 Å². The van der Waals surface area contributed by atoms with Gasteiger partial charge in [-0.15, -0.1) is 0 Å². The van der Waals surface area contributed by atoms with E-state index in [1.807, 2.05) is 25.1 Å². The van der Waals surface area contributed by atoms with Crippen LogP contribution in [0.5, 0.6) is 11.5 Å². The minimum atomic E-state index is -0.755. The summed E-state index contributed by atoms with van der Waals surface area (Å²) >= 11 is -0.755. The Bertz CT molecular complexity index is 681. The molecule has 0 fully saturated rings. The SMILES string of the molecule is CC[S+]([O-])CCCOc1cc(OC)ccc1-c1cn2c(n1)CNCC2. The average molecular weight is 363 g/mol. The first kappa shape index (κ1) is 18.1. The molecule has 136 valence electrons. The molecule has 0 saturated carbocycles. The molecule has 0 spiro atoms. The van der Waals surface area contributed by atoms with E-state index < -0.39 is 11.2 Å². The van der Waals surface area contributed by atoms with Gasteiger partial charge in [-0.1, -0.05) is 11.2 Å². The molecule has 6 nitrogen and oxygen atoms in total. The van der Waals surface area contributed by atoms with Crippen LogP contribution < -0.4 is 14.8 Å². The van der Waals surface area contributed by atoms with Crippen molar-refractivity contribution in [1.29, 1.82) is 0 Å². The van der Waals surface area contributed by atoms with Crippen molar-refractivity contribution >= 4 is 11.2 Å². The second-order valence-electron chi connectivity index (χ2n) is 5.91. The van der Waals surface area contributed by atoms with Crippen molar-refractivity contribution < 1.29 is 14.0 Å². The lowest BCUT2D eigenvalue weighted by atomic mass is 10.1. The van der Waals surface area contributed by atoms with E-state index in [0.29, 0.717) is 18.1 Å². The fourth-order valence-electron chi connectivity index (χ4n) is 2.83. The normalized spacial score (nSPS) is 14.8. The first-order valence-electron chi connectivity index (χ1n) is 8.64. The van der Waals surface area contributed by atoms with Crippen molar-refractivity contribution in [2.24, 2.45) is 0 Å². The standard InChI is InChI=1S/C18H25N3O3S/c1-3-25(22)10-4-9-24-17-11-14(23-2)5-6-15(17)16-13-21-8-7-19-12-18(21)20-16/h5-6,11,13,19H,3-4,7-10,12H2,1-2H3. The van der Waals surface area contributed by atoms with Gasteiger partial charge in [0.1, 0.15) is 28.8 Å². The number of fused-ring (bicyclic) bond motifs is 1. The Labute approximate surface area is 151 Å². The Balaban J connectivity index is 1.77. The monoisotopic (exact) mass is 363 g/mol. The van der Waals surface area contributed by atoms with E-state index in [2.05, 4.69) is 16.1 Å². The van der Waals surface area contributed by atoms with E-state index >= 15 is 0 Å². The molecule has 0 aliphatic carbocycles. The Morgan fingerprint density at radius 2 is 2.28 bits per heavy atom. The molecule has 0 radical (unpaired) electrons. The predicted octanol–water partition coefficient (Wildman–Crippen LogP) is 2.20. The van der Waals surface area contributed by atoms with Crippen LogP contribution in [0.4, 0.5) is 0 Å². The number of benzene rings is 1. The summed E-state index contributed by atoms with van der Waals surface area (Å²) in [6, 6.07) is 5.80. The number of hydrogen-bond donors (Lipinski definition) is 1. The maximum atomic E-state index is 11.5. The van der Waals surface area contributed by atoms with Crippen LogP contribution in [0.25, 0.3) is 11.3 Å². The average Bonchev–Trinajstić information content (AvgIpc) is 3.08. The van der Waals surface area contributed by atoms with Gasteiger partial charge in [-0.2, -0.15) is 0 Å². The minimum Gasteiger partial charge on any atom is -0.616 e. The van der Waals surface area contributed by atoms with Crippen molar-refractivity contribution in [2.45, 2.75) is 26.4 Å². The van der Waals surface area contributed by atoms with Gasteiger partial charge in [0.15, 0.2) is 0 Å². The van der Waals surface area contributed by atoms with Crippen molar-refractivity contribution in [1.82, 2.24) is 14.9 Å². The summed E-state index contributed by atoms with van der Waals surface area (Å²) in [4.78, 5) is 4.74. The molecule has 7 heteroatoms. The molecule has 1 aliphatic rings. The Hall–Kier alpha value is -1.70. The van der Waals surface area contributed by atoms with Crippen LogP contribution >= 0.6 is 0 Å². The van der Waals surface area contributed by atoms with Crippen molar-refractivity contribution in [3.8, 4) is 22.8 Å². The van der Waals surface area contributed by atoms with Crippen molar-refractivity contribution in [2.75, 3.05) is 31.8 Å². The van der Waals surface area contributed by atoms with Gasteiger partial charge in [0.2, 0.25) is 0 Å². The highest BCUT2D eigenvalue weighted by molar-refractivity contribution is 7.91. The summed E-state index contributed by atoms with van der Waals surface area (Å²) in [5.74, 6) is 3.91. The third-order valence-corrected chi connectivity index (χ3v) is 5.62. The maximum absolute atomic E-state index is 11.5. The highest BCUT2D eigenvalue weighted by Gasteiger charge is 2.16. The topological polar surface area (TPSA) is 71.4 Å². The van der Waals surface area contributed by atoms with Gasteiger partial charge in [0.25, 0.3) is 0 Å². The molecule has 3 rings (SSSR count). The van der Waals surface area contributed by atoms with Gasteiger partial charge < -0.3 is 23.9 Å². The fourth-order valence-corrected chi connectivity index (χ4v) is 3.55. The van der Waals surface area contributed by atoms with Crippen molar-refractivity contribution in [3.05, 3.63) is 30.2 Å². The predicted molar refractivity (Wildman–Crippen MR) is 99.6 cm³/mol. The van der Waals surface area contributed by atoms with Gasteiger partial charge in [0, 0.05) is 37.3 Å². The zero-order chi connectivity index (χ0) is 17.6. The summed E-state index contributed by atoms with van der Waals surface area (Å²) in [6.07, 6.45) is 2.84. The van der Waals surface area contributed by atoms with Crippen LogP contribution in [0.2, 0.25) is 0 Å². The molecule has 0 saturated heterocycles. The number of hydrogen-bond acceptors (Lipinski definition) is 5. The third-order valence-electron chi connectivity index (χ3n) is 4.23. The fraction of sp³-hybridized carbons (Fsp3) is 0.500. The smallest absolute Gasteiger partial charge is 0.132 e. The zero-order valence-electron chi connectivity index (χ0n) is 14.8.